The highest BCUT2D eigenvalue weighted by molar-refractivity contribution is 7.92. The van der Waals surface area contributed by atoms with Crippen LogP contribution in [0.3, 0.4) is 0 Å². The molecule has 188 valence electrons. The smallest absolute Gasteiger partial charge is 0.264 e. The van der Waals surface area contributed by atoms with Crippen molar-refractivity contribution in [2.24, 2.45) is 11.8 Å². The van der Waals surface area contributed by atoms with E-state index in [9.17, 15) is 13.0 Å². The second-order valence-electron chi connectivity index (χ2n) is 9.42. The van der Waals surface area contributed by atoms with Crippen LogP contribution in [0.25, 0.3) is 0 Å². The molecule has 1 fully saturated rings. The Morgan fingerprint density at radius 2 is 1.62 bits per heavy atom. The molecule has 1 atom stereocenters. The minimum atomic E-state index is -3.72. The number of anilines is 2. The van der Waals surface area contributed by atoms with E-state index < -0.39 is 21.2 Å². The Bertz CT molecular complexity index is 986. The number of rotatable bonds is 11. The van der Waals surface area contributed by atoms with E-state index in [0.717, 1.165) is 44.7 Å². The minimum Gasteiger partial charge on any atom is -0.615 e. The van der Waals surface area contributed by atoms with Crippen LogP contribution in [-0.4, -0.2) is 51.4 Å². The molecule has 0 N–H and O–H groups in total. The zero-order valence-corrected chi connectivity index (χ0v) is 22.4. The Morgan fingerprint density at radius 1 is 1.03 bits per heavy atom. The van der Waals surface area contributed by atoms with Crippen molar-refractivity contribution in [3.05, 3.63) is 54.1 Å². The molecule has 1 saturated heterocycles. The van der Waals surface area contributed by atoms with Crippen molar-refractivity contribution < 1.29 is 17.7 Å². The first-order valence-electron chi connectivity index (χ1n) is 12.0. The molecule has 1 aliphatic heterocycles. The van der Waals surface area contributed by atoms with Crippen LogP contribution in [0.4, 0.5) is 11.4 Å². The van der Waals surface area contributed by atoms with Crippen molar-refractivity contribution in [3.8, 4) is 0 Å². The fourth-order valence-electron chi connectivity index (χ4n) is 4.22. The number of ether oxygens (including phenoxy) is 1. The highest BCUT2D eigenvalue weighted by Gasteiger charge is 2.27. The van der Waals surface area contributed by atoms with Crippen LogP contribution in [0.1, 0.15) is 39.2 Å². The maximum absolute atomic E-state index is 13.6. The van der Waals surface area contributed by atoms with E-state index in [1.807, 2.05) is 50.2 Å². The highest BCUT2D eigenvalue weighted by atomic mass is 32.2. The van der Waals surface area contributed by atoms with Gasteiger partial charge in [0.1, 0.15) is 0 Å². The second kappa shape index (κ2) is 12.3. The molecule has 0 radical (unpaired) electrons. The first-order chi connectivity index (χ1) is 16.2. The van der Waals surface area contributed by atoms with Crippen LogP contribution in [0, 0.1) is 11.8 Å². The highest BCUT2D eigenvalue weighted by Crippen LogP contribution is 2.28. The van der Waals surface area contributed by atoms with Crippen LogP contribution in [0.2, 0.25) is 0 Å². The van der Waals surface area contributed by atoms with E-state index >= 15 is 0 Å². The lowest BCUT2D eigenvalue weighted by Gasteiger charge is -2.31. The number of nitrogens with zero attached hydrogens (tertiary/aromatic N) is 2. The first-order valence-corrected chi connectivity index (χ1v) is 15.2. The molecule has 1 aliphatic rings. The van der Waals surface area contributed by atoms with Crippen LogP contribution in [0.15, 0.2) is 53.4 Å². The van der Waals surface area contributed by atoms with Gasteiger partial charge >= 0.3 is 0 Å². The molecule has 1 unspecified atom stereocenters. The average Bonchev–Trinajstić information content (AvgIpc) is 2.82. The summed E-state index contributed by atoms with van der Waals surface area (Å²) in [5.41, 5.74) is 2.74. The lowest BCUT2D eigenvalue weighted by atomic mass is 10.00. The Morgan fingerprint density at radius 3 is 2.15 bits per heavy atom. The molecule has 34 heavy (non-hydrogen) atoms. The standard InChI is InChI=1S/C26H38N2O4S2/c1-5-22-6-8-25(9-7-22)28(18-21(2)3)34(30,31)26-12-10-24(11-13-26)27(20-33(4)29)19-23-14-16-32-17-15-23/h6-13,21,23H,5,14-20H2,1-4H3. The van der Waals surface area contributed by atoms with Gasteiger partial charge in [0.2, 0.25) is 0 Å². The summed E-state index contributed by atoms with van der Waals surface area (Å²) in [6, 6.07) is 14.8. The zero-order valence-electron chi connectivity index (χ0n) is 20.8. The predicted molar refractivity (Wildman–Crippen MR) is 141 cm³/mol. The van der Waals surface area contributed by atoms with Crippen LogP contribution in [0.5, 0.6) is 0 Å². The second-order valence-corrected chi connectivity index (χ2v) is 12.7. The van der Waals surface area contributed by atoms with Crippen molar-refractivity contribution in [3.63, 3.8) is 0 Å². The predicted octanol–water partition coefficient (Wildman–Crippen LogP) is 4.67. The molecule has 6 nitrogen and oxygen atoms in total. The Hall–Kier alpha value is -1.74. The van der Waals surface area contributed by atoms with Crippen LogP contribution >= 0.6 is 0 Å². The Kier molecular flexibility index (Phi) is 9.71. The number of aryl methyl sites for hydroxylation is 1. The fraction of sp³-hybridized carbons (Fsp3) is 0.538. The topological polar surface area (TPSA) is 72.9 Å². The van der Waals surface area contributed by atoms with E-state index in [1.54, 1.807) is 18.4 Å². The summed E-state index contributed by atoms with van der Waals surface area (Å²) in [5.74, 6) is 1.08. The van der Waals surface area contributed by atoms with Crippen molar-refractivity contribution in [2.75, 3.05) is 47.6 Å². The van der Waals surface area contributed by atoms with Gasteiger partial charge < -0.3 is 14.2 Å². The van der Waals surface area contributed by atoms with E-state index in [1.165, 1.54) is 9.87 Å². The first kappa shape index (κ1) is 26.9. The molecule has 8 heteroatoms. The molecular weight excluding hydrogens is 468 g/mol. The number of hydrogen-bond acceptors (Lipinski definition) is 5. The summed E-state index contributed by atoms with van der Waals surface area (Å²) in [7, 11) is -3.72. The number of hydrogen-bond donors (Lipinski definition) is 0. The molecule has 0 aliphatic carbocycles. The normalized spacial score (nSPS) is 15.9. The average molecular weight is 507 g/mol. The molecule has 3 rings (SSSR count). The summed E-state index contributed by atoms with van der Waals surface area (Å²) in [6.07, 6.45) is 4.58. The maximum atomic E-state index is 13.6. The van der Waals surface area contributed by atoms with Crippen molar-refractivity contribution in [1.29, 1.82) is 0 Å². The summed E-state index contributed by atoms with van der Waals surface area (Å²) < 4.78 is 46.3. The van der Waals surface area contributed by atoms with Gasteiger partial charge in [-0.05, 0) is 84.2 Å². The molecule has 1 heterocycles. The van der Waals surface area contributed by atoms with Gasteiger partial charge in [-0.25, -0.2) is 8.42 Å². The van der Waals surface area contributed by atoms with E-state index in [4.69, 9.17) is 4.74 Å². The Balaban J connectivity index is 1.86. The SMILES string of the molecule is CCc1ccc(N(CC(C)C)S(=O)(=O)c2ccc(N(CC3CCOCC3)C[S+](C)[O-])cc2)cc1. The van der Waals surface area contributed by atoms with Crippen molar-refractivity contribution in [1.82, 2.24) is 0 Å². The zero-order chi connectivity index (χ0) is 24.7. The van der Waals surface area contributed by atoms with Crippen molar-refractivity contribution in [2.45, 2.75) is 44.9 Å². The molecule has 0 bridgehead atoms. The number of sulfonamides is 1. The molecule has 2 aromatic rings. The third-order valence-corrected chi connectivity index (χ3v) is 8.59. The summed E-state index contributed by atoms with van der Waals surface area (Å²) in [6.45, 7) is 8.83. The fourth-order valence-corrected chi connectivity index (χ4v) is 6.54. The van der Waals surface area contributed by atoms with Gasteiger partial charge in [0.15, 0.2) is 5.88 Å². The van der Waals surface area contributed by atoms with Crippen molar-refractivity contribution >= 4 is 32.6 Å². The lowest BCUT2D eigenvalue weighted by molar-refractivity contribution is 0.0684. The molecule has 0 spiro atoms. The monoisotopic (exact) mass is 506 g/mol. The van der Waals surface area contributed by atoms with Gasteiger partial charge in [-0.2, -0.15) is 0 Å². The molecule has 0 saturated carbocycles. The third-order valence-electron chi connectivity index (χ3n) is 6.11. The van der Waals surface area contributed by atoms with E-state index in [-0.39, 0.29) is 10.8 Å². The largest absolute Gasteiger partial charge is 0.615 e. The van der Waals surface area contributed by atoms with Gasteiger partial charge in [0.25, 0.3) is 10.0 Å². The summed E-state index contributed by atoms with van der Waals surface area (Å²) in [4.78, 5) is 2.37. The van der Waals surface area contributed by atoms with Crippen LogP contribution < -0.4 is 9.21 Å². The van der Waals surface area contributed by atoms with Gasteiger partial charge in [-0.1, -0.05) is 32.9 Å². The Labute approximate surface area is 208 Å². The van der Waals surface area contributed by atoms with E-state index in [0.29, 0.717) is 24.0 Å². The summed E-state index contributed by atoms with van der Waals surface area (Å²) >= 11 is -0.997. The van der Waals surface area contributed by atoms with E-state index in [2.05, 4.69) is 11.8 Å². The summed E-state index contributed by atoms with van der Waals surface area (Å²) in [5, 5.41) is 0. The third kappa shape index (κ3) is 7.13. The van der Waals surface area contributed by atoms with Gasteiger partial charge in [-0.15, -0.1) is 0 Å². The lowest BCUT2D eigenvalue weighted by Crippen LogP contribution is -2.36. The molecule has 0 amide bonds. The minimum absolute atomic E-state index is 0.175. The van der Waals surface area contributed by atoms with Gasteiger partial charge in [0, 0.05) is 32.0 Å². The molecular formula is C26H38N2O4S2. The van der Waals surface area contributed by atoms with Crippen LogP contribution in [-0.2, 0) is 32.4 Å². The van der Waals surface area contributed by atoms with Gasteiger partial charge in [-0.3, -0.25) is 4.31 Å². The number of benzene rings is 2. The molecule has 2 aromatic carbocycles. The maximum Gasteiger partial charge on any atom is 0.264 e. The molecule has 0 aromatic heterocycles. The van der Waals surface area contributed by atoms with Gasteiger partial charge in [0.05, 0.1) is 16.8 Å². The quantitative estimate of drug-likeness (QED) is 0.414.